The van der Waals surface area contributed by atoms with Crippen LogP contribution in [0.15, 0.2) is 60.2 Å². The number of aliphatic hydroxyl groups excluding tert-OH is 1. The van der Waals surface area contributed by atoms with Crippen LogP contribution in [-0.4, -0.2) is 28.5 Å². The molecule has 1 unspecified atom stereocenters. The van der Waals surface area contributed by atoms with Crippen LogP contribution in [-0.2, 0) is 9.59 Å². The fourth-order valence-electron chi connectivity index (χ4n) is 4.25. The number of ketones is 1. The highest BCUT2D eigenvalue weighted by Gasteiger charge is 2.47. The summed E-state index contributed by atoms with van der Waals surface area (Å²) in [5.41, 5.74) is 4.04. The number of Topliss-reactive ketones (excluding diaryl/α,β-unsaturated/α-hetero) is 1. The number of benzene rings is 3. The van der Waals surface area contributed by atoms with Gasteiger partial charge in [-0.25, -0.2) is 0 Å². The maximum absolute atomic E-state index is 13.4. The number of rotatable bonds is 5. The highest BCUT2D eigenvalue weighted by atomic mass is 35.5. The number of hydrogen-bond donors (Lipinski definition) is 2. The summed E-state index contributed by atoms with van der Waals surface area (Å²) >= 11 is 6.25. The number of carbonyl (C=O) groups is 2. The third kappa shape index (κ3) is 4.37. The average Bonchev–Trinajstić information content (AvgIpc) is 3.09. The molecule has 4 rings (SSSR count). The summed E-state index contributed by atoms with van der Waals surface area (Å²) in [6, 6.07) is 14.1. The molecule has 1 saturated heterocycles. The van der Waals surface area contributed by atoms with Gasteiger partial charge in [0.25, 0.3) is 11.7 Å². The van der Waals surface area contributed by atoms with E-state index < -0.39 is 17.7 Å². The second kappa shape index (κ2) is 9.47. The number of ether oxygens (including phenoxy) is 1. The largest absolute Gasteiger partial charge is 0.507 e. The zero-order valence-corrected chi connectivity index (χ0v) is 20.7. The van der Waals surface area contributed by atoms with Crippen molar-refractivity contribution in [3.05, 3.63) is 93.0 Å². The van der Waals surface area contributed by atoms with Gasteiger partial charge in [0.15, 0.2) is 11.5 Å². The maximum Gasteiger partial charge on any atom is 0.300 e. The topological polar surface area (TPSA) is 87.1 Å². The smallest absolute Gasteiger partial charge is 0.300 e. The van der Waals surface area contributed by atoms with Gasteiger partial charge in [-0.2, -0.15) is 0 Å². The highest BCUT2D eigenvalue weighted by Crippen LogP contribution is 2.45. The van der Waals surface area contributed by atoms with Crippen LogP contribution in [0.5, 0.6) is 11.5 Å². The van der Waals surface area contributed by atoms with Gasteiger partial charge in [-0.05, 0) is 80.3 Å². The minimum atomic E-state index is -0.964. The van der Waals surface area contributed by atoms with Gasteiger partial charge in [-0.3, -0.25) is 14.5 Å². The first kappa shape index (κ1) is 24.4. The van der Waals surface area contributed by atoms with Crippen molar-refractivity contribution in [2.45, 2.75) is 33.7 Å². The molecule has 1 aliphatic rings. The molecule has 6 nitrogen and oxygen atoms in total. The summed E-state index contributed by atoms with van der Waals surface area (Å²) in [6.07, 6.45) is 0. The van der Waals surface area contributed by atoms with Crippen molar-refractivity contribution in [1.82, 2.24) is 0 Å². The summed E-state index contributed by atoms with van der Waals surface area (Å²) in [7, 11) is 0. The van der Waals surface area contributed by atoms with Crippen molar-refractivity contribution in [1.29, 1.82) is 0 Å². The lowest BCUT2D eigenvalue weighted by Gasteiger charge is -2.27. The van der Waals surface area contributed by atoms with Crippen LogP contribution in [0.25, 0.3) is 5.76 Å². The molecule has 2 N–H and O–H groups in total. The van der Waals surface area contributed by atoms with Gasteiger partial charge in [0.1, 0.15) is 5.76 Å². The molecule has 0 radical (unpaired) electrons. The molecule has 180 valence electrons. The molecule has 1 heterocycles. The number of aliphatic hydroxyl groups is 1. The molecule has 0 saturated carbocycles. The molecule has 0 spiro atoms. The van der Waals surface area contributed by atoms with E-state index in [2.05, 4.69) is 0 Å². The van der Waals surface area contributed by atoms with E-state index in [1.165, 1.54) is 11.0 Å². The third-order valence-electron chi connectivity index (χ3n) is 6.25. The van der Waals surface area contributed by atoms with E-state index in [1.54, 1.807) is 49.4 Å². The molecule has 7 heteroatoms. The summed E-state index contributed by atoms with van der Waals surface area (Å²) in [5.74, 6) is -1.72. The first-order valence-corrected chi connectivity index (χ1v) is 11.6. The van der Waals surface area contributed by atoms with Crippen molar-refractivity contribution in [3.8, 4) is 11.5 Å². The minimum absolute atomic E-state index is 0.0502. The Balaban J connectivity index is 2.00. The molecule has 3 aromatic rings. The van der Waals surface area contributed by atoms with Crippen molar-refractivity contribution in [3.63, 3.8) is 0 Å². The van der Waals surface area contributed by atoms with Crippen LogP contribution >= 0.6 is 11.6 Å². The normalized spacial score (nSPS) is 17.2. The van der Waals surface area contributed by atoms with Crippen LogP contribution < -0.4 is 9.64 Å². The van der Waals surface area contributed by atoms with Gasteiger partial charge in [0.2, 0.25) is 0 Å². The Morgan fingerprint density at radius 2 is 1.69 bits per heavy atom. The second-order valence-electron chi connectivity index (χ2n) is 8.56. The monoisotopic (exact) mass is 491 g/mol. The first-order chi connectivity index (χ1) is 16.6. The number of aryl methyl sites for hydroxylation is 3. The average molecular weight is 492 g/mol. The Hall–Kier alpha value is -3.77. The van der Waals surface area contributed by atoms with Gasteiger partial charge in [0.05, 0.1) is 18.2 Å². The lowest BCUT2D eigenvalue weighted by atomic mass is 9.93. The van der Waals surface area contributed by atoms with Gasteiger partial charge < -0.3 is 14.9 Å². The number of carbonyl (C=O) groups excluding carboxylic acids is 2. The standard InChI is InChI=1S/C28H26ClNO5/c1-5-35-23-13-18(9-11-22(23)31)25-24(26(32)19-8-6-15(2)17(4)12-19)27(33)28(34)30(25)21-14-20(29)10-7-16(21)3/h6-14,25,31-32H,5H2,1-4H3/b26-24+. The summed E-state index contributed by atoms with van der Waals surface area (Å²) in [6.45, 7) is 7.77. The second-order valence-corrected chi connectivity index (χ2v) is 9.00. The molecule has 35 heavy (non-hydrogen) atoms. The predicted molar refractivity (Wildman–Crippen MR) is 136 cm³/mol. The number of anilines is 1. The number of amides is 1. The quantitative estimate of drug-likeness (QED) is 0.260. The van der Waals surface area contributed by atoms with Gasteiger partial charge >= 0.3 is 0 Å². The lowest BCUT2D eigenvalue weighted by Crippen LogP contribution is -2.30. The molecule has 1 fully saturated rings. The molecule has 1 atom stereocenters. The van der Waals surface area contributed by atoms with Gasteiger partial charge in [0, 0.05) is 16.3 Å². The molecule has 0 bridgehead atoms. The number of halogens is 1. The van der Waals surface area contributed by atoms with E-state index in [-0.39, 0.29) is 22.8 Å². The number of aromatic hydroxyl groups is 1. The molecule has 3 aromatic carbocycles. The van der Waals surface area contributed by atoms with Crippen LogP contribution in [0.3, 0.4) is 0 Å². The Morgan fingerprint density at radius 3 is 2.37 bits per heavy atom. The third-order valence-corrected chi connectivity index (χ3v) is 6.49. The van der Waals surface area contributed by atoms with Crippen LogP contribution in [0.2, 0.25) is 5.02 Å². The summed E-state index contributed by atoms with van der Waals surface area (Å²) in [5, 5.41) is 22.0. The van der Waals surface area contributed by atoms with E-state index >= 15 is 0 Å². The molecular weight excluding hydrogens is 466 g/mol. The lowest BCUT2D eigenvalue weighted by molar-refractivity contribution is -0.132. The zero-order chi connectivity index (χ0) is 25.4. The molecular formula is C28H26ClNO5. The van der Waals surface area contributed by atoms with Crippen molar-refractivity contribution >= 4 is 34.7 Å². The maximum atomic E-state index is 13.4. The van der Waals surface area contributed by atoms with E-state index in [9.17, 15) is 19.8 Å². The fourth-order valence-corrected chi connectivity index (χ4v) is 4.42. The Labute approximate surface area is 209 Å². The minimum Gasteiger partial charge on any atom is -0.507 e. The first-order valence-electron chi connectivity index (χ1n) is 11.2. The Morgan fingerprint density at radius 1 is 0.971 bits per heavy atom. The Bertz CT molecular complexity index is 1380. The van der Waals surface area contributed by atoms with E-state index in [0.29, 0.717) is 28.4 Å². The predicted octanol–water partition coefficient (Wildman–Crippen LogP) is 6.00. The number of nitrogens with zero attached hydrogens (tertiary/aromatic N) is 1. The zero-order valence-electron chi connectivity index (χ0n) is 19.9. The number of phenols is 1. The summed E-state index contributed by atoms with van der Waals surface area (Å²) < 4.78 is 5.55. The van der Waals surface area contributed by atoms with Crippen LogP contribution in [0.4, 0.5) is 5.69 Å². The van der Waals surface area contributed by atoms with Gasteiger partial charge in [-0.15, -0.1) is 0 Å². The van der Waals surface area contributed by atoms with Crippen molar-refractivity contribution in [2.24, 2.45) is 0 Å². The molecule has 1 aliphatic heterocycles. The van der Waals surface area contributed by atoms with Crippen molar-refractivity contribution in [2.75, 3.05) is 11.5 Å². The van der Waals surface area contributed by atoms with E-state index in [4.69, 9.17) is 16.3 Å². The molecule has 0 aliphatic carbocycles. The SMILES string of the molecule is CCOc1cc(C2/C(=C(\O)c3ccc(C)c(C)c3)C(=O)C(=O)N2c2cc(Cl)ccc2C)ccc1O. The summed E-state index contributed by atoms with van der Waals surface area (Å²) in [4.78, 5) is 28.1. The van der Waals surface area contributed by atoms with Crippen LogP contribution in [0.1, 0.15) is 40.8 Å². The van der Waals surface area contributed by atoms with Gasteiger partial charge in [-0.1, -0.05) is 35.9 Å². The van der Waals surface area contributed by atoms with Crippen LogP contribution in [0, 0.1) is 20.8 Å². The molecule has 0 aromatic heterocycles. The highest BCUT2D eigenvalue weighted by molar-refractivity contribution is 6.52. The fraction of sp³-hybridized carbons (Fsp3) is 0.214. The molecule has 1 amide bonds. The van der Waals surface area contributed by atoms with Crippen molar-refractivity contribution < 1.29 is 24.5 Å². The van der Waals surface area contributed by atoms with E-state index in [1.807, 2.05) is 26.8 Å². The number of hydrogen-bond acceptors (Lipinski definition) is 5. The number of phenolic OH excluding ortho intramolecular Hbond substituents is 1. The van der Waals surface area contributed by atoms with E-state index in [0.717, 1.165) is 16.7 Å². The Kier molecular flexibility index (Phi) is 6.59.